The summed E-state index contributed by atoms with van der Waals surface area (Å²) >= 11 is 0. The Balaban J connectivity index is 0.00000144. The number of nitrogens with two attached hydrogens (primary N) is 1. The lowest BCUT2D eigenvalue weighted by molar-refractivity contribution is -0.125. The van der Waals surface area contributed by atoms with Crippen molar-refractivity contribution in [2.75, 3.05) is 13.2 Å². The van der Waals surface area contributed by atoms with E-state index in [2.05, 4.69) is 5.32 Å². The topological polar surface area (TPSA) is 64.3 Å². The maximum Gasteiger partial charge on any atom is 0.223 e. The minimum atomic E-state index is -0.115. The van der Waals surface area contributed by atoms with Crippen molar-refractivity contribution in [2.24, 2.45) is 5.73 Å². The predicted octanol–water partition coefficient (Wildman–Crippen LogP) is 1.36. The fraction of sp³-hybridized carbons (Fsp3) is 0.917. The van der Waals surface area contributed by atoms with Crippen molar-refractivity contribution in [3.8, 4) is 0 Å². The maximum atomic E-state index is 11.9. The Morgan fingerprint density at radius 3 is 2.59 bits per heavy atom. The minimum Gasteiger partial charge on any atom is -0.378 e. The third kappa shape index (κ3) is 3.83. The van der Waals surface area contributed by atoms with E-state index in [9.17, 15) is 4.79 Å². The van der Waals surface area contributed by atoms with Crippen LogP contribution in [-0.4, -0.2) is 30.7 Å². The summed E-state index contributed by atoms with van der Waals surface area (Å²) in [4.78, 5) is 11.9. The summed E-state index contributed by atoms with van der Waals surface area (Å²) in [5, 5.41) is 3.12. The lowest BCUT2D eigenvalue weighted by Gasteiger charge is -2.29. The molecule has 2 aliphatic rings. The van der Waals surface area contributed by atoms with Gasteiger partial charge in [-0.1, -0.05) is 12.8 Å². The zero-order valence-corrected chi connectivity index (χ0v) is 11.1. The van der Waals surface area contributed by atoms with Crippen molar-refractivity contribution in [3.63, 3.8) is 0 Å². The molecule has 1 aliphatic heterocycles. The quantitative estimate of drug-likeness (QED) is 0.804. The van der Waals surface area contributed by atoms with Crippen LogP contribution in [0.15, 0.2) is 0 Å². The molecule has 17 heavy (non-hydrogen) atoms. The average Bonchev–Trinajstić information content (AvgIpc) is 2.90. The van der Waals surface area contributed by atoms with Gasteiger partial charge in [-0.2, -0.15) is 0 Å². The number of nitrogens with one attached hydrogen (secondary N) is 1. The first kappa shape index (κ1) is 14.7. The lowest BCUT2D eigenvalue weighted by Crippen LogP contribution is -2.52. The molecule has 1 saturated heterocycles. The molecule has 1 aliphatic carbocycles. The number of hydrogen-bond donors (Lipinski definition) is 2. The Morgan fingerprint density at radius 1 is 1.35 bits per heavy atom. The largest absolute Gasteiger partial charge is 0.378 e. The summed E-state index contributed by atoms with van der Waals surface area (Å²) in [6, 6.07) is 0. The van der Waals surface area contributed by atoms with Crippen molar-refractivity contribution >= 4 is 18.3 Å². The molecule has 1 atom stereocenters. The Kier molecular flexibility index (Phi) is 5.70. The van der Waals surface area contributed by atoms with E-state index in [4.69, 9.17) is 10.5 Å². The van der Waals surface area contributed by atoms with Gasteiger partial charge >= 0.3 is 0 Å². The number of halogens is 1. The van der Waals surface area contributed by atoms with Crippen molar-refractivity contribution in [3.05, 3.63) is 0 Å². The SMILES string of the molecule is Cl.NCC1(NC(=O)CC2CCCO2)CCCC1. The van der Waals surface area contributed by atoms with Crippen molar-refractivity contribution in [1.82, 2.24) is 5.32 Å². The van der Waals surface area contributed by atoms with Gasteiger partial charge in [0, 0.05) is 13.2 Å². The zero-order chi connectivity index (χ0) is 11.4. The normalized spacial score (nSPS) is 26.5. The average molecular weight is 263 g/mol. The van der Waals surface area contributed by atoms with Gasteiger partial charge in [-0.25, -0.2) is 0 Å². The highest BCUT2D eigenvalue weighted by atomic mass is 35.5. The van der Waals surface area contributed by atoms with E-state index in [1.165, 1.54) is 12.8 Å². The number of amides is 1. The van der Waals surface area contributed by atoms with Gasteiger partial charge in [0.25, 0.3) is 0 Å². The van der Waals surface area contributed by atoms with Crippen LogP contribution in [0.5, 0.6) is 0 Å². The maximum absolute atomic E-state index is 11.9. The predicted molar refractivity (Wildman–Crippen MR) is 69.2 cm³/mol. The van der Waals surface area contributed by atoms with E-state index >= 15 is 0 Å². The van der Waals surface area contributed by atoms with Gasteiger partial charge in [0.2, 0.25) is 5.91 Å². The summed E-state index contributed by atoms with van der Waals surface area (Å²) in [5.41, 5.74) is 5.66. The molecule has 3 N–H and O–H groups in total. The van der Waals surface area contributed by atoms with Gasteiger partial charge in [0.15, 0.2) is 0 Å². The summed E-state index contributed by atoms with van der Waals surface area (Å²) in [6.45, 7) is 1.37. The molecule has 4 nitrogen and oxygen atoms in total. The van der Waals surface area contributed by atoms with Crippen LogP contribution in [0.1, 0.15) is 44.9 Å². The molecular weight excluding hydrogens is 240 g/mol. The highest BCUT2D eigenvalue weighted by Crippen LogP contribution is 2.29. The molecule has 100 valence electrons. The first-order chi connectivity index (χ1) is 7.74. The summed E-state index contributed by atoms with van der Waals surface area (Å²) in [6.07, 6.45) is 7.15. The Hall–Kier alpha value is -0.320. The van der Waals surface area contributed by atoms with Crippen LogP contribution in [-0.2, 0) is 9.53 Å². The van der Waals surface area contributed by atoms with Crippen molar-refractivity contribution < 1.29 is 9.53 Å². The van der Waals surface area contributed by atoms with Crippen LogP contribution in [0.4, 0.5) is 0 Å². The van der Waals surface area contributed by atoms with E-state index in [1.54, 1.807) is 0 Å². The van der Waals surface area contributed by atoms with Gasteiger partial charge in [0.1, 0.15) is 0 Å². The van der Waals surface area contributed by atoms with Crippen LogP contribution in [0.25, 0.3) is 0 Å². The second kappa shape index (κ2) is 6.57. The number of carbonyl (C=O) groups excluding carboxylic acids is 1. The minimum absolute atomic E-state index is 0. The molecule has 0 radical (unpaired) electrons. The van der Waals surface area contributed by atoms with E-state index in [-0.39, 0.29) is 30.0 Å². The van der Waals surface area contributed by atoms with Crippen LogP contribution in [0.3, 0.4) is 0 Å². The smallest absolute Gasteiger partial charge is 0.223 e. The standard InChI is InChI=1S/C12H22N2O2.ClH/c13-9-12(5-1-2-6-12)14-11(15)8-10-4-3-7-16-10;/h10H,1-9,13H2,(H,14,15);1H. The first-order valence-electron chi connectivity index (χ1n) is 6.37. The fourth-order valence-corrected chi connectivity index (χ4v) is 2.79. The van der Waals surface area contributed by atoms with Crippen LogP contribution < -0.4 is 11.1 Å². The number of hydrogen-bond acceptors (Lipinski definition) is 3. The Bertz CT molecular complexity index is 249. The molecule has 1 unspecified atom stereocenters. The van der Waals surface area contributed by atoms with E-state index in [1.807, 2.05) is 0 Å². The van der Waals surface area contributed by atoms with Gasteiger partial charge in [-0.3, -0.25) is 4.79 Å². The van der Waals surface area contributed by atoms with E-state index in [0.717, 1.165) is 32.3 Å². The molecular formula is C12H23ClN2O2. The van der Waals surface area contributed by atoms with Crippen LogP contribution in [0.2, 0.25) is 0 Å². The summed E-state index contributed by atoms with van der Waals surface area (Å²) in [5.74, 6) is 0.110. The van der Waals surface area contributed by atoms with Gasteiger partial charge < -0.3 is 15.8 Å². The molecule has 5 heteroatoms. The molecule has 2 fully saturated rings. The first-order valence-corrected chi connectivity index (χ1v) is 6.37. The Morgan fingerprint density at radius 2 is 2.06 bits per heavy atom. The third-order valence-corrected chi connectivity index (χ3v) is 3.79. The highest BCUT2D eigenvalue weighted by molar-refractivity contribution is 5.85. The second-order valence-corrected chi connectivity index (χ2v) is 5.08. The van der Waals surface area contributed by atoms with Gasteiger partial charge in [-0.05, 0) is 25.7 Å². The molecule has 0 aromatic heterocycles. The van der Waals surface area contributed by atoms with Crippen LogP contribution >= 0.6 is 12.4 Å². The van der Waals surface area contributed by atoms with Crippen molar-refractivity contribution in [1.29, 1.82) is 0 Å². The number of carbonyl (C=O) groups is 1. The highest BCUT2D eigenvalue weighted by Gasteiger charge is 2.34. The number of ether oxygens (including phenoxy) is 1. The fourth-order valence-electron chi connectivity index (χ4n) is 2.79. The molecule has 0 aromatic carbocycles. The third-order valence-electron chi connectivity index (χ3n) is 3.79. The summed E-state index contributed by atoms with van der Waals surface area (Å²) in [7, 11) is 0. The molecule has 1 heterocycles. The zero-order valence-electron chi connectivity index (χ0n) is 10.2. The molecule has 0 bridgehead atoms. The molecule has 1 saturated carbocycles. The number of rotatable bonds is 4. The Labute approximate surface area is 109 Å². The molecule has 0 aromatic rings. The van der Waals surface area contributed by atoms with Gasteiger partial charge in [0.05, 0.1) is 18.1 Å². The molecule has 1 amide bonds. The van der Waals surface area contributed by atoms with Crippen molar-refractivity contribution in [2.45, 2.75) is 56.6 Å². The van der Waals surface area contributed by atoms with E-state index in [0.29, 0.717) is 13.0 Å². The monoisotopic (exact) mass is 262 g/mol. The van der Waals surface area contributed by atoms with Crippen LogP contribution in [0, 0.1) is 0 Å². The lowest BCUT2D eigenvalue weighted by atomic mass is 9.97. The van der Waals surface area contributed by atoms with Gasteiger partial charge in [-0.15, -0.1) is 12.4 Å². The van der Waals surface area contributed by atoms with E-state index < -0.39 is 0 Å². The summed E-state index contributed by atoms with van der Waals surface area (Å²) < 4.78 is 5.46. The molecule has 2 rings (SSSR count). The molecule has 0 spiro atoms. The second-order valence-electron chi connectivity index (χ2n) is 5.08.